The molecule has 1 heterocycles. The summed E-state index contributed by atoms with van der Waals surface area (Å²) in [6.07, 6.45) is 11.7. The summed E-state index contributed by atoms with van der Waals surface area (Å²) < 4.78 is 5.84. The van der Waals surface area contributed by atoms with Gasteiger partial charge in [-0.25, -0.2) is 0 Å². The standard InChI is InChI=1S/C19H26O2/c1-18-8-7-14-12(13(18)5-6-17(18)20)4-3-11-9-15-16(21-15)10-19(11,14)2/h3,12-16H,4-10H2,1-2H3/t12-,13-,14-,15-,16+,18-,19-/m0/s1. The average Bonchev–Trinajstić information content (AvgIpc) is 3.12. The van der Waals surface area contributed by atoms with Gasteiger partial charge < -0.3 is 4.74 Å². The number of ketones is 1. The molecule has 0 radical (unpaired) electrons. The van der Waals surface area contributed by atoms with Gasteiger partial charge in [0.2, 0.25) is 0 Å². The van der Waals surface area contributed by atoms with Crippen LogP contribution in [-0.4, -0.2) is 18.0 Å². The molecule has 4 fully saturated rings. The van der Waals surface area contributed by atoms with Crippen molar-refractivity contribution in [1.82, 2.24) is 0 Å². The van der Waals surface area contributed by atoms with Crippen molar-refractivity contribution >= 4 is 5.78 Å². The lowest BCUT2D eigenvalue weighted by Gasteiger charge is -2.55. The number of ether oxygens (including phenoxy) is 1. The SMILES string of the molecule is C[C@]12C[C@H]3O[C@H]3CC1=CC[C@@H]1[C@@H]2CC[C@]2(C)C(=O)CC[C@@H]12. The normalized spacial score (nSPS) is 57.7. The zero-order valence-corrected chi connectivity index (χ0v) is 13.2. The second-order valence-electron chi connectivity index (χ2n) is 8.80. The van der Waals surface area contributed by atoms with Crippen LogP contribution in [0.2, 0.25) is 0 Å². The Hall–Kier alpha value is -0.630. The van der Waals surface area contributed by atoms with E-state index >= 15 is 0 Å². The first-order valence-electron chi connectivity index (χ1n) is 8.91. The van der Waals surface area contributed by atoms with E-state index in [9.17, 15) is 4.79 Å². The van der Waals surface area contributed by atoms with Gasteiger partial charge in [-0.15, -0.1) is 0 Å². The molecule has 0 amide bonds. The Balaban J connectivity index is 1.53. The molecule has 0 N–H and O–H groups in total. The average molecular weight is 286 g/mol. The number of rotatable bonds is 0. The number of hydrogen-bond acceptors (Lipinski definition) is 2. The van der Waals surface area contributed by atoms with Crippen LogP contribution in [0, 0.1) is 28.6 Å². The van der Waals surface area contributed by atoms with Crippen LogP contribution < -0.4 is 0 Å². The highest BCUT2D eigenvalue weighted by Gasteiger charge is 2.61. The monoisotopic (exact) mass is 286 g/mol. The molecule has 2 nitrogen and oxygen atoms in total. The first-order chi connectivity index (χ1) is 10.0. The van der Waals surface area contributed by atoms with Crippen molar-refractivity contribution in [1.29, 1.82) is 0 Å². The molecule has 1 saturated heterocycles. The lowest BCUT2D eigenvalue weighted by Crippen LogP contribution is -2.50. The molecule has 0 spiro atoms. The Labute approximate surface area is 127 Å². The number of allylic oxidation sites excluding steroid dienone is 1. The maximum Gasteiger partial charge on any atom is 0.139 e. The van der Waals surface area contributed by atoms with Crippen LogP contribution in [-0.2, 0) is 9.53 Å². The second kappa shape index (κ2) is 3.82. The molecule has 0 aromatic rings. The van der Waals surface area contributed by atoms with Crippen molar-refractivity contribution in [3.8, 4) is 0 Å². The first-order valence-corrected chi connectivity index (χ1v) is 8.91. The Morgan fingerprint density at radius 2 is 1.95 bits per heavy atom. The fourth-order valence-corrected chi connectivity index (χ4v) is 6.70. The summed E-state index contributed by atoms with van der Waals surface area (Å²) in [5.74, 6) is 2.75. The quantitative estimate of drug-likeness (QED) is 0.499. The minimum Gasteiger partial charge on any atom is -0.369 e. The molecule has 0 aromatic heterocycles. The molecule has 1 aliphatic heterocycles. The fraction of sp³-hybridized carbons (Fsp3) is 0.842. The zero-order valence-electron chi connectivity index (χ0n) is 13.2. The Morgan fingerprint density at radius 1 is 1.14 bits per heavy atom. The number of carbonyl (C=O) groups excluding carboxylic acids is 1. The van der Waals surface area contributed by atoms with E-state index in [1.165, 1.54) is 25.7 Å². The molecule has 3 saturated carbocycles. The number of Topliss-reactive ketones (excluding diaryl/α,β-unsaturated/α-hetero) is 1. The summed E-state index contributed by atoms with van der Waals surface area (Å²) in [7, 11) is 0. The highest BCUT2D eigenvalue weighted by atomic mass is 16.6. The van der Waals surface area contributed by atoms with Gasteiger partial charge in [-0.2, -0.15) is 0 Å². The van der Waals surface area contributed by atoms with Gasteiger partial charge in [0.05, 0.1) is 12.2 Å². The van der Waals surface area contributed by atoms with Crippen LogP contribution in [0.3, 0.4) is 0 Å². The van der Waals surface area contributed by atoms with E-state index in [2.05, 4.69) is 19.9 Å². The predicted molar refractivity (Wildman–Crippen MR) is 80.8 cm³/mol. The number of hydrogen-bond donors (Lipinski definition) is 0. The number of fused-ring (bicyclic) bond motifs is 6. The van der Waals surface area contributed by atoms with Crippen molar-refractivity contribution in [2.45, 2.75) is 71.0 Å². The third-order valence-corrected chi connectivity index (χ3v) is 8.07. The van der Waals surface area contributed by atoms with Gasteiger partial charge in [0.15, 0.2) is 0 Å². The summed E-state index contributed by atoms with van der Waals surface area (Å²) >= 11 is 0. The van der Waals surface area contributed by atoms with E-state index in [1.807, 2.05) is 0 Å². The Bertz CT molecular complexity index is 550. The van der Waals surface area contributed by atoms with Crippen LogP contribution in [0.15, 0.2) is 11.6 Å². The van der Waals surface area contributed by atoms with E-state index in [-0.39, 0.29) is 5.41 Å². The minimum absolute atomic E-state index is 0.0101. The van der Waals surface area contributed by atoms with Crippen LogP contribution >= 0.6 is 0 Å². The van der Waals surface area contributed by atoms with Gasteiger partial charge >= 0.3 is 0 Å². The number of carbonyl (C=O) groups is 1. The maximum atomic E-state index is 12.4. The Kier molecular flexibility index (Phi) is 2.34. The minimum atomic E-state index is 0.0101. The molecular formula is C19H26O2. The van der Waals surface area contributed by atoms with E-state index in [0.29, 0.717) is 29.3 Å². The molecule has 114 valence electrons. The van der Waals surface area contributed by atoms with Gasteiger partial charge in [-0.1, -0.05) is 25.5 Å². The van der Waals surface area contributed by atoms with Gasteiger partial charge in [-0.3, -0.25) is 4.79 Å². The van der Waals surface area contributed by atoms with E-state index in [1.54, 1.807) is 5.57 Å². The molecule has 4 aliphatic carbocycles. The summed E-state index contributed by atoms with van der Waals surface area (Å²) in [4.78, 5) is 12.4. The largest absolute Gasteiger partial charge is 0.369 e. The smallest absolute Gasteiger partial charge is 0.139 e. The molecule has 5 aliphatic rings. The zero-order chi connectivity index (χ0) is 14.4. The van der Waals surface area contributed by atoms with E-state index < -0.39 is 0 Å². The van der Waals surface area contributed by atoms with Crippen LogP contribution in [0.4, 0.5) is 0 Å². The highest BCUT2D eigenvalue weighted by Crippen LogP contribution is 2.65. The lowest BCUT2D eigenvalue weighted by molar-refractivity contribution is -0.131. The fourth-order valence-electron chi connectivity index (χ4n) is 6.70. The molecule has 2 heteroatoms. The van der Waals surface area contributed by atoms with Crippen molar-refractivity contribution in [2.24, 2.45) is 28.6 Å². The van der Waals surface area contributed by atoms with E-state index in [0.717, 1.165) is 31.1 Å². The van der Waals surface area contributed by atoms with Crippen molar-refractivity contribution in [3.05, 3.63) is 11.6 Å². The molecule has 0 unspecified atom stereocenters. The molecule has 5 rings (SSSR count). The number of epoxide rings is 1. The molecule has 0 bridgehead atoms. The van der Waals surface area contributed by atoms with Crippen molar-refractivity contribution in [3.63, 3.8) is 0 Å². The topological polar surface area (TPSA) is 29.6 Å². The van der Waals surface area contributed by atoms with Crippen LogP contribution in [0.25, 0.3) is 0 Å². The molecule has 21 heavy (non-hydrogen) atoms. The second-order valence-corrected chi connectivity index (χ2v) is 8.80. The summed E-state index contributed by atoms with van der Waals surface area (Å²) in [5.41, 5.74) is 2.07. The van der Waals surface area contributed by atoms with Gasteiger partial charge in [0, 0.05) is 11.8 Å². The molecule has 7 atom stereocenters. The van der Waals surface area contributed by atoms with E-state index in [4.69, 9.17) is 4.74 Å². The van der Waals surface area contributed by atoms with Crippen LogP contribution in [0.1, 0.15) is 58.8 Å². The summed E-state index contributed by atoms with van der Waals surface area (Å²) in [6, 6.07) is 0. The van der Waals surface area contributed by atoms with Gasteiger partial charge in [0.1, 0.15) is 5.78 Å². The van der Waals surface area contributed by atoms with Gasteiger partial charge in [0.25, 0.3) is 0 Å². The lowest BCUT2D eigenvalue weighted by atomic mass is 9.48. The Morgan fingerprint density at radius 3 is 2.81 bits per heavy atom. The van der Waals surface area contributed by atoms with Crippen LogP contribution in [0.5, 0.6) is 0 Å². The summed E-state index contributed by atoms with van der Waals surface area (Å²) in [6.45, 7) is 4.78. The molecular weight excluding hydrogens is 260 g/mol. The summed E-state index contributed by atoms with van der Waals surface area (Å²) in [5, 5.41) is 0. The van der Waals surface area contributed by atoms with Gasteiger partial charge in [-0.05, 0) is 61.7 Å². The van der Waals surface area contributed by atoms with Crippen molar-refractivity contribution in [2.75, 3.05) is 0 Å². The predicted octanol–water partition coefficient (Wildman–Crippen LogP) is 3.90. The third-order valence-electron chi connectivity index (χ3n) is 8.07. The highest BCUT2D eigenvalue weighted by molar-refractivity contribution is 5.87. The third kappa shape index (κ3) is 1.50. The molecule has 0 aromatic carbocycles. The first kappa shape index (κ1) is 12.9. The maximum absolute atomic E-state index is 12.4. The van der Waals surface area contributed by atoms with Crippen molar-refractivity contribution < 1.29 is 9.53 Å².